The van der Waals surface area contributed by atoms with Crippen LogP contribution in [-0.2, 0) is 16.6 Å². The van der Waals surface area contributed by atoms with Crippen LogP contribution in [0.3, 0.4) is 0 Å². The van der Waals surface area contributed by atoms with Crippen molar-refractivity contribution in [3.8, 4) is 0 Å². The van der Waals surface area contributed by atoms with Gasteiger partial charge in [0.1, 0.15) is 0 Å². The van der Waals surface area contributed by atoms with Crippen molar-refractivity contribution in [2.75, 3.05) is 18.8 Å². The zero-order valence-electron chi connectivity index (χ0n) is 11.9. The van der Waals surface area contributed by atoms with Gasteiger partial charge in [0.25, 0.3) is 0 Å². The summed E-state index contributed by atoms with van der Waals surface area (Å²) >= 11 is 1.49. The van der Waals surface area contributed by atoms with Crippen LogP contribution >= 0.6 is 11.8 Å². The third-order valence-corrected chi connectivity index (χ3v) is 4.74. The highest BCUT2D eigenvalue weighted by molar-refractivity contribution is 7.99. The number of aromatic nitrogens is 4. The van der Waals surface area contributed by atoms with Crippen LogP contribution < -0.4 is 5.32 Å². The number of nitrogens with zero attached hydrogens (tertiary/aromatic N) is 5. The third kappa shape index (κ3) is 3.34. The predicted octanol–water partition coefficient (Wildman–Crippen LogP) is -0.571. The Balaban J connectivity index is 1.38. The maximum Gasteiger partial charge on any atom is 0.225 e. The molecule has 1 aromatic rings. The molecule has 1 aromatic heterocycles. The lowest BCUT2D eigenvalue weighted by atomic mass is 10.1. The van der Waals surface area contributed by atoms with Crippen LogP contribution in [-0.4, -0.2) is 61.8 Å². The normalized spacial score (nSPS) is 21.9. The quantitative estimate of drug-likeness (QED) is 0.559. The number of carbonyl (C=O) groups excluding carboxylic acids is 2. The van der Waals surface area contributed by atoms with E-state index in [0.717, 1.165) is 18.0 Å². The molecule has 0 aromatic carbocycles. The second-order valence-corrected chi connectivity index (χ2v) is 6.46. The van der Waals surface area contributed by atoms with Crippen molar-refractivity contribution in [2.24, 2.45) is 13.0 Å². The number of likely N-dealkylation sites (tertiary alicyclic amines) is 1. The molecule has 0 spiro atoms. The van der Waals surface area contributed by atoms with Crippen LogP contribution in [0, 0.1) is 5.92 Å². The maximum atomic E-state index is 12.1. The molecule has 1 aliphatic heterocycles. The van der Waals surface area contributed by atoms with Crippen molar-refractivity contribution in [3.63, 3.8) is 0 Å². The zero-order chi connectivity index (χ0) is 14.8. The van der Waals surface area contributed by atoms with E-state index in [2.05, 4.69) is 20.8 Å². The Bertz CT molecular complexity index is 544. The second kappa shape index (κ2) is 6.00. The average molecular weight is 310 g/mol. The van der Waals surface area contributed by atoms with E-state index in [1.807, 2.05) is 4.90 Å². The summed E-state index contributed by atoms with van der Waals surface area (Å²) in [7, 11) is 1.78. The molecule has 1 saturated heterocycles. The summed E-state index contributed by atoms with van der Waals surface area (Å²) < 4.78 is 1.59. The molecule has 8 nitrogen and oxygen atoms in total. The minimum atomic E-state index is -0.195. The standard InChI is InChI=1S/C12H18N6O2S/c1-17-12(14-15-16-17)21-5-4-13-11(20)8-6-10(19)18(7-8)9-2-3-9/h8-9H,2-7H2,1H3,(H,13,20)/t8-/m0/s1. The maximum absolute atomic E-state index is 12.1. The molecule has 2 fully saturated rings. The molecule has 2 heterocycles. The van der Waals surface area contributed by atoms with Gasteiger partial charge in [0.15, 0.2) is 0 Å². The van der Waals surface area contributed by atoms with E-state index in [9.17, 15) is 9.59 Å². The van der Waals surface area contributed by atoms with Crippen molar-refractivity contribution in [2.45, 2.75) is 30.5 Å². The van der Waals surface area contributed by atoms with Gasteiger partial charge in [-0.15, -0.1) is 5.10 Å². The van der Waals surface area contributed by atoms with E-state index in [-0.39, 0.29) is 17.7 Å². The Hall–Kier alpha value is -1.64. The topological polar surface area (TPSA) is 93.0 Å². The zero-order valence-corrected chi connectivity index (χ0v) is 12.7. The SMILES string of the molecule is Cn1nnnc1SCCNC(=O)[C@H]1CC(=O)N(C2CC2)C1. The van der Waals surface area contributed by atoms with E-state index >= 15 is 0 Å². The molecule has 0 unspecified atom stereocenters. The lowest BCUT2D eigenvalue weighted by Crippen LogP contribution is -2.34. The number of thioether (sulfide) groups is 1. The fraction of sp³-hybridized carbons (Fsp3) is 0.750. The van der Waals surface area contributed by atoms with Crippen LogP contribution in [0.25, 0.3) is 0 Å². The lowest BCUT2D eigenvalue weighted by Gasteiger charge is -2.15. The van der Waals surface area contributed by atoms with Crippen molar-refractivity contribution in [3.05, 3.63) is 0 Å². The smallest absolute Gasteiger partial charge is 0.225 e. The van der Waals surface area contributed by atoms with Gasteiger partial charge in [-0.3, -0.25) is 9.59 Å². The third-order valence-electron chi connectivity index (χ3n) is 3.73. The predicted molar refractivity (Wildman–Crippen MR) is 75.4 cm³/mol. The number of hydrogen-bond acceptors (Lipinski definition) is 6. The Labute approximate surface area is 126 Å². The van der Waals surface area contributed by atoms with Crippen LogP contribution in [0.2, 0.25) is 0 Å². The molecule has 1 N–H and O–H groups in total. The van der Waals surface area contributed by atoms with Crippen LogP contribution in [0.5, 0.6) is 0 Å². The molecular weight excluding hydrogens is 292 g/mol. The first-order chi connectivity index (χ1) is 10.1. The average Bonchev–Trinajstić information content (AvgIpc) is 3.11. The van der Waals surface area contributed by atoms with Gasteiger partial charge in [0, 0.05) is 38.4 Å². The number of rotatable bonds is 6. The van der Waals surface area contributed by atoms with E-state index in [4.69, 9.17) is 0 Å². The molecule has 114 valence electrons. The number of carbonyl (C=O) groups is 2. The van der Waals surface area contributed by atoms with Crippen molar-refractivity contribution >= 4 is 23.6 Å². The molecule has 2 amide bonds. The van der Waals surface area contributed by atoms with Crippen LogP contribution in [0.1, 0.15) is 19.3 Å². The fourth-order valence-electron chi connectivity index (χ4n) is 2.45. The van der Waals surface area contributed by atoms with E-state index in [0.29, 0.717) is 31.3 Å². The van der Waals surface area contributed by atoms with Gasteiger partial charge >= 0.3 is 0 Å². The number of tetrazole rings is 1. The van der Waals surface area contributed by atoms with Crippen LogP contribution in [0.15, 0.2) is 5.16 Å². The first kappa shape index (κ1) is 14.3. The second-order valence-electron chi connectivity index (χ2n) is 5.40. The molecule has 9 heteroatoms. The summed E-state index contributed by atoms with van der Waals surface area (Å²) in [5.74, 6) is 0.604. The van der Waals surface area contributed by atoms with E-state index in [1.54, 1.807) is 11.7 Å². The Morgan fingerprint density at radius 2 is 2.29 bits per heavy atom. The number of amides is 2. The summed E-state index contributed by atoms with van der Waals surface area (Å²) in [6, 6.07) is 0.397. The van der Waals surface area contributed by atoms with Crippen molar-refractivity contribution < 1.29 is 9.59 Å². The summed E-state index contributed by atoms with van der Waals surface area (Å²) in [6.07, 6.45) is 2.52. The van der Waals surface area contributed by atoms with Crippen LogP contribution in [0.4, 0.5) is 0 Å². The highest BCUT2D eigenvalue weighted by atomic mass is 32.2. The van der Waals surface area contributed by atoms with Gasteiger partial charge in [-0.05, 0) is 23.3 Å². The van der Waals surface area contributed by atoms with Crippen molar-refractivity contribution in [1.29, 1.82) is 0 Å². The van der Waals surface area contributed by atoms with Gasteiger partial charge in [0.05, 0.1) is 5.92 Å². The molecule has 0 bridgehead atoms. The summed E-state index contributed by atoms with van der Waals surface area (Å²) in [5, 5.41) is 14.8. The monoisotopic (exact) mass is 310 g/mol. The molecule has 2 aliphatic rings. The van der Waals surface area contributed by atoms with Crippen molar-refractivity contribution in [1.82, 2.24) is 30.4 Å². The minimum Gasteiger partial charge on any atom is -0.355 e. The minimum absolute atomic E-state index is 0.0248. The van der Waals surface area contributed by atoms with Gasteiger partial charge in [0.2, 0.25) is 17.0 Å². The van der Waals surface area contributed by atoms with Gasteiger partial charge in [-0.1, -0.05) is 11.8 Å². The fourth-order valence-corrected chi connectivity index (χ4v) is 3.16. The van der Waals surface area contributed by atoms with E-state index in [1.165, 1.54) is 11.8 Å². The largest absolute Gasteiger partial charge is 0.355 e. The highest BCUT2D eigenvalue weighted by Crippen LogP contribution is 2.32. The molecule has 1 aliphatic carbocycles. The lowest BCUT2D eigenvalue weighted by molar-refractivity contribution is -0.129. The molecule has 0 radical (unpaired) electrons. The molecule has 21 heavy (non-hydrogen) atoms. The van der Waals surface area contributed by atoms with E-state index < -0.39 is 0 Å². The van der Waals surface area contributed by atoms with Gasteiger partial charge in [-0.25, -0.2) is 4.68 Å². The Kier molecular flexibility index (Phi) is 4.09. The summed E-state index contributed by atoms with van der Waals surface area (Å²) in [4.78, 5) is 25.7. The first-order valence-electron chi connectivity index (χ1n) is 7.07. The van der Waals surface area contributed by atoms with Gasteiger partial charge in [-0.2, -0.15) is 0 Å². The number of nitrogens with one attached hydrogen (secondary N) is 1. The van der Waals surface area contributed by atoms with Gasteiger partial charge < -0.3 is 10.2 Å². The first-order valence-corrected chi connectivity index (χ1v) is 8.06. The number of aryl methyl sites for hydroxylation is 1. The molecule has 1 atom stereocenters. The highest BCUT2D eigenvalue weighted by Gasteiger charge is 2.41. The Morgan fingerprint density at radius 1 is 1.48 bits per heavy atom. The molecular formula is C12H18N6O2S. The Morgan fingerprint density at radius 3 is 2.95 bits per heavy atom. The molecule has 3 rings (SSSR count). The summed E-state index contributed by atoms with van der Waals surface area (Å²) in [6.45, 7) is 1.13. The number of hydrogen-bond donors (Lipinski definition) is 1. The summed E-state index contributed by atoms with van der Waals surface area (Å²) in [5.41, 5.74) is 0. The molecule has 1 saturated carbocycles.